The maximum atomic E-state index is 12.9. The molecule has 0 bridgehead atoms. The maximum absolute atomic E-state index is 12.9. The van der Waals surface area contributed by atoms with Gasteiger partial charge in [-0.2, -0.15) is 0 Å². The monoisotopic (exact) mass is 269 g/mol. The zero-order valence-electron chi connectivity index (χ0n) is 9.87. The number of hydrogen-bond donors (Lipinski definition) is 1. The highest BCUT2D eigenvalue weighted by Crippen LogP contribution is 2.20. The molecule has 1 heterocycles. The van der Waals surface area contributed by atoms with Crippen LogP contribution >= 0.6 is 11.3 Å². The average molecular weight is 269 g/mol. The van der Waals surface area contributed by atoms with Gasteiger partial charge in [0.1, 0.15) is 24.0 Å². The highest BCUT2D eigenvalue weighted by Gasteiger charge is 2.04. The first-order chi connectivity index (χ1) is 8.67. The Morgan fingerprint density at radius 3 is 2.44 bits per heavy atom. The molecule has 5 heteroatoms. The lowest BCUT2D eigenvalue weighted by molar-refractivity contribution is 0.306. The van der Waals surface area contributed by atoms with Crippen molar-refractivity contribution in [3.8, 4) is 5.75 Å². The van der Waals surface area contributed by atoms with Crippen molar-refractivity contribution in [1.29, 1.82) is 0 Å². The van der Waals surface area contributed by atoms with Crippen LogP contribution in [0.1, 0.15) is 9.75 Å². The summed E-state index contributed by atoms with van der Waals surface area (Å²) in [6, 6.07) is 7.12. The highest BCUT2D eigenvalue weighted by molar-refractivity contribution is 7.11. The predicted octanol–water partition coefficient (Wildman–Crippen LogP) is 3.32. The smallest absolute Gasteiger partial charge is 0.129 e. The topological polar surface area (TPSA) is 21.3 Å². The predicted molar refractivity (Wildman–Crippen MR) is 67.8 cm³/mol. The van der Waals surface area contributed by atoms with Crippen LogP contribution < -0.4 is 10.1 Å². The molecule has 0 spiro atoms. The van der Waals surface area contributed by atoms with Gasteiger partial charge in [-0.05, 0) is 19.2 Å². The molecule has 1 N–H and O–H groups in total. The summed E-state index contributed by atoms with van der Waals surface area (Å²) in [4.78, 5) is 2.21. The van der Waals surface area contributed by atoms with Crippen LogP contribution in [0.5, 0.6) is 5.75 Å². The molecule has 0 unspecified atom stereocenters. The Labute approximate surface area is 108 Å². The van der Waals surface area contributed by atoms with Crippen molar-refractivity contribution in [3.63, 3.8) is 0 Å². The van der Waals surface area contributed by atoms with Gasteiger partial charge in [-0.3, -0.25) is 0 Å². The van der Waals surface area contributed by atoms with Crippen LogP contribution in [0.25, 0.3) is 0 Å². The summed E-state index contributed by atoms with van der Waals surface area (Å²) in [6.07, 6.45) is 0. The Balaban J connectivity index is 1.97. The van der Waals surface area contributed by atoms with E-state index in [2.05, 4.69) is 5.32 Å². The number of nitrogens with one attached hydrogen (secondary N) is 1. The van der Waals surface area contributed by atoms with E-state index in [-0.39, 0.29) is 5.75 Å². The summed E-state index contributed by atoms with van der Waals surface area (Å²) < 4.78 is 31.2. The van der Waals surface area contributed by atoms with Gasteiger partial charge in [0, 0.05) is 34.5 Å². The Hall–Kier alpha value is -1.46. The van der Waals surface area contributed by atoms with Crippen LogP contribution in [0.2, 0.25) is 0 Å². The fourth-order valence-corrected chi connectivity index (χ4v) is 2.48. The quantitative estimate of drug-likeness (QED) is 0.899. The molecular formula is C13H13F2NOS. The molecule has 0 aliphatic rings. The van der Waals surface area contributed by atoms with Crippen molar-refractivity contribution in [2.24, 2.45) is 0 Å². The molecule has 0 fully saturated rings. The van der Waals surface area contributed by atoms with Crippen LogP contribution in [0.15, 0.2) is 30.3 Å². The molecule has 2 nitrogen and oxygen atoms in total. The van der Waals surface area contributed by atoms with Crippen LogP contribution in [-0.2, 0) is 13.2 Å². The molecule has 0 amide bonds. The van der Waals surface area contributed by atoms with Crippen LogP contribution in [0, 0.1) is 11.6 Å². The fourth-order valence-electron chi connectivity index (χ4n) is 1.54. The molecule has 1 aromatic carbocycles. The van der Waals surface area contributed by atoms with E-state index >= 15 is 0 Å². The first-order valence-electron chi connectivity index (χ1n) is 5.48. The Morgan fingerprint density at radius 1 is 1.11 bits per heavy atom. The van der Waals surface area contributed by atoms with Crippen LogP contribution in [0.4, 0.5) is 8.78 Å². The number of benzene rings is 1. The van der Waals surface area contributed by atoms with Gasteiger partial charge < -0.3 is 10.1 Å². The molecule has 0 aliphatic carbocycles. The number of ether oxygens (including phenoxy) is 1. The summed E-state index contributed by atoms with van der Waals surface area (Å²) >= 11 is 1.61. The Kier molecular flexibility index (Phi) is 4.28. The summed E-state index contributed by atoms with van der Waals surface area (Å²) in [5.74, 6) is -1.06. The van der Waals surface area contributed by atoms with E-state index in [1.165, 1.54) is 17.0 Å². The molecule has 1 aromatic heterocycles. The molecule has 2 aromatic rings. The van der Waals surface area contributed by atoms with Crippen molar-refractivity contribution in [3.05, 3.63) is 51.7 Å². The number of halogens is 2. The lowest BCUT2D eigenvalue weighted by atomic mass is 10.3. The van der Waals surface area contributed by atoms with Crippen molar-refractivity contribution in [2.45, 2.75) is 13.2 Å². The standard InChI is InChI=1S/C13H13F2NOS/c1-16-7-12-2-3-13(18-12)8-17-11-5-9(14)4-10(15)6-11/h2-6,16H,7-8H2,1H3. The summed E-state index contributed by atoms with van der Waals surface area (Å²) in [5.41, 5.74) is 0. The Morgan fingerprint density at radius 2 is 1.78 bits per heavy atom. The third-order valence-corrected chi connectivity index (χ3v) is 3.34. The van der Waals surface area contributed by atoms with E-state index in [0.717, 1.165) is 17.5 Å². The van der Waals surface area contributed by atoms with E-state index in [9.17, 15) is 8.78 Å². The number of rotatable bonds is 5. The van der Waals surface area contributed by atoms with E-state index in [1.807, 2.05) is 19.2 Å². The second kappa shape index (κ2) is 5.93. The first kappa shape index (κ1) is 13.0. The molecule has 2 rings (SSSR count). The van der Waals surface area contributed by atoms with Crippen molar-refractivity contribution in [1.82, 2.24) is 5.32 Å². The van der Waals surface area contributed by atoms with Gasteiger partial charge in [0.15, 0.2) is 0 Å². The zero-order valence-corrected chi connectivity index (χ0v) is 10.7. The number of thiophene rings is 1. The normalized spacial score (nSPS) is 10.6. The SMILES string of the molecule is CNCc1ccc(COc2cc(F)cc(F)c2)s1. The second-order valence-corrected chi connectivity index (χ2v) is 5.05. The van der Waals surface area contributed by atoms with Gasteiger partial charge in [-0.1, -0.05) is 0 Å². The molecule has 0 radical (unpaired) electrons. The first-order valence-corrected chi connectivity index (χ1v) is 6.30. The molecular weight excluding hydrogens is 256 g/mol. The molecule has 18 heavy (non-hydrogen) atoms. The van der Waals surface area contributed by atoms with E-state index in [4.69, 9.17) is 4.74 Å². The Bertz CT molecular complexity index is 507. The van der Waals surface area contributed by atoms with Crippen LogP contribution in [-0.4, -0.2) is 7.05 Å². The van der Waals surface area contributed by atoms with Gasteiger partial charge in [-0.25, -0.2) is 8.78 Å². The minimum absolute atomic E-state index is 0.205. The third-order valence-electron chi connectivity index (χ3n) is 2.29. The highest BCUT2D eigenvalue weighted by atomic mass is 32.1. The minimum atomic E-state index is -0.632. The lowest BCUT2D eigenvalue weighted by Gasteiger charge is -2.04. The van der Waals surface area contributed by atoms with E-state index in [0.29, 0.717) is 6.61 Å². The van der Waals surface area contributed by atoms with Gasteiger partial charge in [0.2, 0.25) is 0 Å². The van der Waals surface area contributed by atoms with Gasteiger partial charge >= 0.3 is 0 Å². The molecule has 0 saturated carbocycles. The van der Waals surface area contributed by atoms with Crippen molar-refractivity contribution >= 4 is 11.3 Å². The van der Waals surface area contributed by atoms with Gasteiger partial charge in [0.25, 0.3) is 0 Å². The van der Waals surface area contributed by atoms with Crippen molar-refractivity contribution in [2.75, 3.05) is 7.05 Å². The number of hydrogen-bond acceptors (Lipinski definition) is 3. The molecule has 96 valence electrons. The largest absolute Gasteiger partial charge is 0.488 e. The van der Waals surface area contributed by atoms with Crippen molar-refractivity contribution < 1.29 is 13.5 Å². The minimum Gasteiger partial charge on any atom is -0.488 e. The van der Waals surface area contributed by atoms with E-state index < -0.39 is 11.6 Å². The summed E-state index contributed by atoms with van der Waals surface area (Å²) in [7, 11) is 1.88. The summed E-state index contributed by atoms with van der Waals surface area (Å²) in [5, 5.41) is 3.06. The van der Waals surface area contributed by atoms with E-state index in [1.54, 1.807) is 11.3 Å². The molecule has 0 atom stereocenters. The molecule has 0 saturated heterocycles. The van der Waals surface area contributed by atoms with Gasteiger partial charge in [0.05, 0.1) is 0 Å². The molecule has 0 aliphatic heterocycles. The second-order valence-electron chi connectivity index (χ2n) is 3.79. The van der Waals surface area contributed by atoms with Gasteiger partial charge in [-0.15, -0.1) is 11.3 Å². The average Bonchev–Trinajstić information content (AvgIpc) is 2.74. The van der Waals surface area contributed by atoms with Crippen LogP contribution in [0.3, 0.4) is 0 Å². The summed E-state index contributed by atoms with van der Waals surface area (Å²) in [6.45, 7) is 1.12. The zero-order chi connectivity index (χ0) is 13.0. The third kappa shape index (κ3) is 3.51. The fraction of sp³-hybridized carbons (Fsp3) is 0.231. The maximum Gasteiger partial charge on any atom is 0.129 e. The lowest BCUT2D eigenvalue weighted by Crippen LogP contribution is -2.02.